The van der Waals surface area contributed by atoms with Crippen molar-refractivity contribution in [2.45, 2.75) is 32.3 Å². The largest absolute Gasteiger partial charge is 0.384 e. The maximum absolute atomic E-state index is 5.62. The maximum Gasteiger partial charge on any atom is 0.0553 e. The molecule has 1 aliphatic rings. The van der Waals surface area contributed by atoms with Crippen LogP contribution in [0.25, 0.3) is 0 Å². The molecule has 13 heavy (non-hydrogen) atoms. The Labute approximate surface area is 80.6 Å². The van der Waals surface area contributed by atoms with Gasteiger partial charge < -0.3 is 15.2 Å². The highest BCUT2D eigenvalue weighted by Gasteiger charge is 2.34. The SMILES string of the molecule is COCC1(CCN)CCOC(C)C1. The lowest BCUT2D eigenvalue weighted by Crippen LogP contribution is -2.38. The van der Waals surface area contributed by atoms with Gasteiger partial charge in [-0.2, -0.15) is 0 Å². The molecule has 0 bridgehead atoms. The summed E-state index contributed by atoms with van der Waals surface area (Å²) in [6.45, 7) is 4.54. The molecule has 2 atom stereocenters. The summed E-state index contributed by atoms with van der Waals surface area (Å²) in [4.78, 5) is 0. The van der Waals surface area contributed by atoms with Crippen LogP contribution in [0.1, 0.15) is 26.2 Å². The van der Waals surface area contributed by atoms with E-state index in [0.717, 1.165) is 39.0 Å². The summed E-state index contributed by atoms with van der Waals surface area (Å²) >= 11 is 0. The molecule has 2 unspecified atom stereocenters. The van der Waals surface area contributed by atoms with Gasteiger partial charge in [-0.1, -0.05) is 0 Å². The fourth-order valence-electron chi connectivity index (χ4n) is 2.29. The van der Waals surface area contributed by atoms with Crippen molar-refractivity contribution in [3.63, 3.8) is 0 Å². The maximum atomic E-state index is 5.62. The Morgan fingerprint density at radius 2 is 2.38 bits per heavy atom. The van der Waals surface area contributed by atoms with E-state index in [9.17, 15) is 0 Å². The Balaban J connectivity index is 2.53. The van der Waals surface area contributed by atoms with Crippen LogP contribution in [0.2, 0.25) is 0 Å². The summed E-state index contributed by atoms with van der Waals surface area (Å²) in [7, 11) is 1.76. The van der Waals surface area contributed by atoms with Gasteiger partial charge in [-0.3, -0.25) is 0 Å². The van der Waals surface area contributed by atoms with Gasteiger partial charge in [-0.15, -0.1) is 0 Å². The second kappa shape index (κ2) is 4.94. The van der Waals surface area contributed by atoms with Crippen LogP contribution in [-0.2, 0) is 9.47 Å². The van der Waals surface area contributed by atoms with E-state index in [1.807, 2.05) is 0 Å². The molecule has 3 heteroatoms. The van der Waals surface area contributed by atoms with Gasteiger partial charge in [-0.25, -0.2) is 0 Å². The van der Waals surface area contributed by atoms with E-state index in [-0.39, 0.29) is 5.41 Å². The minimum Gasteiger partial charge on any atom is -0.384 e. The minimum absolute atomic E-state index is 0.279. The Kier molecular flexibility index (Phi) is 4.16. The van der Waals surface area contributed by atoms with Crippen LogP contribution in [0.15, 0.2) is 0 Å². The summed E-state index contributed by atoms with van der Waals surface area (Å²) in [5.41, 5.74) is 5.90. The molecule has 78 valence electrons. The zero-order valence-electron chi connectivity index (χ0n) is 8.71. The molecule has 0 aromatic rings. The molecule has 0 saturated carbocycles. The van der Waals surface area contributed by atoms with E-state index in [4.69, 9.17) is 15.2 Å². The molecule has 1 rings (SSSR count). The monoisotopic (exact) mass is 187 g/mol. The van der Waals surface area contributed by atoms with Gasteiger partial charge in [0.05, 0.1) is 12.7 Å². The highest BCUT2D eigenvalue weighted by molar-refractivity contribution is 4.84. The molecule has 2 N–H and O–H groups in total. The average molecular weight is 187 g/mol. The Morgan fingerprint density at radius 1 is 1.62 bits per heavy atom. The molecule has 0 aromatic heterocycles. The molecule has 0 aromatic carbocycles. The fourth-order valence-corrected chi connectivity index (χ4v) is 2.29. The van der Waals surface area contributed by atoms with E-state index in [2.05, 4.69) is 6.92 Å². The Morgan fingerprint density at radius 3 is 2.92 bits per heavy atom. The van der Waals surface area contributed by atoms with E-state index in [0.29, 0.717) is 6.10 Å². The van der Waals surface area contributed by atoms with Crippen LogP contribution >= 0.6 is 0 Å². The lowest BCUT2D eigenvalue weighted by molar-refractivity contribution is -0.0695. The van der Waals surface area contributed by atoms with Gasteiger partial charge in [-0.05, 0) is 38.1 Å². The van der Waals surface area contributed by atoms with Crippen LogP contribution in [0, 0.1) is 5.41 Å². The van der Waals surface area contributed by atoms with Crippen LogP contribution in [0.3, 0.4) is 0 Å². The lowest BCUT2D eigenvalue weighted by Gasteiger charge is -2.39. The molecular formula is C10H21NO2. The quantitative estimate of drug-likeness (QED) is 0.718. The number of methoxy groups -OCH3 is 1. The second-order valence-electron chi connectivity index (χ2n) is 4.11. The average Bonchev–Trinajstić information content (AvgIpc) is 2.04. The van der Waals surface area contributed by atoms with Crippen LogP contribution < -0.4 is 5.73 Å². The van der Waals surface area contributed by atoms with Crippen LogP contribution in [0.4, 0.5) is 0 Å². The zero-order valence-corrected chi connectivity index (χ0v) is 8.71. The Hall–Kier alpha value is -0.120. The lowest BCUT2D eigenvalue weighted by atomic mass is 9.76. The number of hydrogen-bond donors (Lipinski definition) is 1. The van der Waals surface area contributed by atoms with Crippen molar-refractivity contribution >= 4 is 0 Å². The van der Waals surface area contributed by atoms with Gasteiger partial charge in [0.1, 0.15) is 0 Å². The van der Waals surface area contributed by atoms with Crippen molar-refractivity contribution in [1.82, 2.24) is 0 Å². The Bertz CT molecular complexity index is 138. The number of ether oxygens (including phenoxy) is 2. The third kappa shape index (κ3) is 2.93. The van der Waals surface area contributed by atoms with E-state index >= 15 is 0 Å². The first-order valence-electron chi connectivity index (χ1n) is 5.03. The smallest absolute Gasteiger partial charge is 0.0553 e. The van der Waals surface area contributed by atoms with Crippen LogP contribution in [-0.4, -0.2) is 33.0 Å². The number of nitrogens with two attached hydrogens (primary N) is 1. The molecular weight excluding hydrogens is 166 g/mol. The fraction of sp³-hybridized carbons (Fsp3) is 1.00. The van der Waals surface area contributed by atoms with Gasteiger partial charge in [0.2, 0.25) is 0 Å². The molecule has 3 nitrogen and oxygen atoms in total. The third-order valence-electron chi connectivity index (χ3n) is 2.88. The molecule has 0 amide bonds. The summed E-state index contributed by atoms with van der Waals surface area (Å²) in [5, 5.41) is 0. The third-order valence-corrected chi connectivity index (χ3v) is 2.88. The van der Waals surface area contributed by atoms with Crippen molar-refractivity contribution in [2.75, 3.05) is 26.9 Å². The first-order chi connectivity index (χ1) is 6.22. The van der Waals surface area contributed by atoms with Crippen molar-refractivity contribution < 1.29 is 9.47 Å². The van der Waals surface area contributed by atoms with E-state index in [1.165, 1.54) is 0 Å². The first-order valence-corrected chi connectivity index (χ1v) is 5.03. The van der Waals surface area contributed by atoms with Gasteiger partial charge in [0.25, 0.3) is 0 Å². The molecule has 0 spiro atoms. The molecule has 1 fully saturated rings. The molecule has 1 aliphatic heterocycles. The summed E-state index contributed by atoms with van der Waals surface area (Å²) < 4.78 is 10.8. The number of rotatable bonds is 4. The summed E-state index contributed by atoms with van der Waals surface area (Å²) in [5.74, 6) is 0. The van der Waals surface area contributed by atoms with Gasteiger partial charge in [0, 0.05) is 13.7 Å². The van der Waals surface area contributed by atoms with Gasteiger partial charge >= 0.3 is 0 Å². The normalized spacial score (nSPS) is 34.8. The summed E-state index contributed by atoms with van der Waals surface area (Å²) in [6, 6.07) is 0. The first kappa shape index (κ1) is 11.0. The predicted octanol–water partition coefficient (Wildman–Crippen LogP) is 1.17. The van der Waals surface area contributed by atoms with E-state index < -0.39 is 0 Å². The number of hydrogen-bond acceptors (Lipinski definition) is 3. The molecule has 0 radical (unpaired) electrons. The van der Waals surface area contributed by atoms with E-state index in [1.54, 1.807) is 7.11 Å². The van der Waals surface area contributed by atoms with Gasteiger partial charge in [0.15, 0.2) is 0 Å². The van der Waals surface area contributed by atoms with Crippen molar-refractivity contribution in [2.24, 2.45) is 11.1 Å². The minimum atomic E-state index is 0.279. The summed E-state index contributed by atoms with van der Waals surface area (Å²) in [6.07, 6.45) is 3.57. The highest BCUT2D eigenvalue weighted by atomic mass is 16.5. The topological polar surface area (TPSA) is 44.5 Å². The second-order valence-corrected chi connectivity index (χ2v) is 4.11. The molecule has 1 saturated heterocycles. The molecule has 0 aliphatic carbocycles. The van der Waals surface area contributed by atoms with Crippen molar-refractivity contribution in [3.8, 4) is 0 Å². The zero-order chi connectivity index (χ0) is 9.73. The van der Waals surface area contributed by atoms with Crippen molar-refractivity contribution in [1.29, 1.82) is 0 Å². The van der Waals surface area contributed by atoms with Crippen molar-refractivity contribution in [3.05, 3.63) is 0 Å². The predicted molar refractivity (Wildman–Crippen MR) is 52.6 cm³/mol. The standard InChI is InChI=1S/C10H21NO2/c1-9-7-10(3-5-11,8-12-2)4-6-13-9/h9H,3-8,11H2,1-2H3. The van der Waals surface area contributed by atoms with Crippen LogP contribution in [0.5, 0.6) is 0 Å². The highest BCUT2D eigenvalue weighted by Crippen LogP contribution is 2.36. The molecule has 1 heterocycles.